The molecule has 1 aliphatic rings. The standard InChI is InChI=1S/C15H15ClFN3OS/c1-9-18-13(8-22-9)14-3-2-4-20(14)15(21)19-12-6-10(16)5-11(17)7-12/h5-8,14H,2-4H2,1H3,(H,19,21)/t14-/m1/s1. The molecule has 1 N–H and O–H groups in total. The monoisotopic (exact) mass is 339 g/mol. The van der Waals surface area contributed by atoms with E-state index in [1.54, 1.807) is 16.2 Å². The third-order valence-corrected chi connectivity index (χ3v) is 4.62. The first-order valence-corrected chi connectivity index (χ1v) is 8.24. The molecule has 4 nitrogen and oxygen atoms in total. The number of amides is 2. The maximum Gasteiger partial charge on any atom is 0.322 e. The van der Waals surface area contributed by atoms with Crippen LogP contribution in [0, 0.1) is 12.7 Å². The fourth-order valence-corrected chi connectivity index (χ4v) is 3.55. The molecule has 116 valence electrons. The second-order valence-corrected chi connectivity index (χ2v) is 6.73. The van der Waals surface area contributed by atoms with Gasteiger partial charge in [-0.3, -0.25) is 0 Å². The number of benzene rings is 1. The van der Waals surface area contributed by atoms with E-state index in [0.717, 1.165) is 23.5 Å². The van der Waals surface area contributed by atoms with Gasteiger partial charge < -0.3 is 10.2 Å². The number of hydrogen-bond donors (Lipinski definition) is 1. The molecule has 1 atom stereocenters. The van der Waals surface area contributed by atoms with E-state index in [9.17, 15) is 9.18 Å². The van der Waals surface area contributed by atoms with Crippen molar-refractivity contribution in [2.24, 2.45) is 0 Å². The summed E-state index contributed by atoms with van der Waals surface area (Å²) in [6.45, 7) is 2.61. The third kappa shape index (κ3) is 3.23. The van der Waals surface area contributed by atoms with Crippen molar-refractivity contribution in [3.63, 3.8) is 0 Å². The van der Waals surface area contributed by atoms with Crippen LogP contribution in [-0.4, -0.2) is 22.5 Å². The number of urea groups is 1. The van der Waals surface area contributed by atoms with Crippen molar-refractivity contribution in [1.82, 2.24) is 9.88 Å². The maximum absolute atomic E-state index is 13.3. The van der Waals surface area contributed by atoms with Gasteiger partial charge in [0.2, 0.25) is 0 Å². The van der Waals surface area contributed by atoms with Crippen molar-refractivity contribution in [2.45, 2.75) is 25.8 Å². The Bertz CT molecular complexity index is 686. The average molecular weight is 340 g/mol. The first kappa shape index (κ1) is 15.2. The number of anilines is 1. The van der Waals surface area contributed by atoms with Crippen LogP contribution in [0.1, 0.15) is 29.6 Å². The summed E-state index contributed by atoms with van der Waals surface area (Å²) >= 11 is 7.38. The summed E-state index contributed by atoms with van der Waals surface area (Å²) in [5.41, 5.74) is 1.28. The van der Waals surface area contributed by atoms with E-state index in [2.05, 4.69) is 10.3 Å². The Morgan fingerprint density at radius 3 is 3.00 bits per heavy atom. The zero-order chi connectivity index (χ0) is 15.7. The Hall–Kier alpha value is -1.66. The molecule has 2 heterocycles. The van der Waals surface area contributed by atoms with Gasteiger partial charge in [0.1, 0.15) is 5.82 Å². The van der Waals surface area contributed by atoms with Gasteiger partial charge in [-0.25, -0.2) is 14.2 Å². The van der Waals surface area contributed by atoms with Gasteiger partial charge in [0.05, 0.1) is 16.7 Å². The molecule has 2 amide bonds. The summed E-state index contributed by atoms with van der Waals surface area (Å²) < 4.78 is 13.3. The van der Waals surface area contributed by atoms with Gasteiger partial charge >= 0.3 is 6.03 Å². The van der Waals surface area contributed by atoms with Crippen LogP contribution < -0.4 is 5.32 Å². The summed E-state index contributed by atoms with van der Waals surface area (Å²) in [4.78, 5) is 18.7. The number of rotatable bonds is 2. The van der Waals surface area contributed by atoms with Gasteiger partial charge in [-0.05, 0) is 38.0 Å². The molecule has 1 aromatic heterocycles. The highest BCUT2D eigenvalue weighted by molar-refractivity contribution is 7.09. The SMILES string of the molecule is Cc1nc([C@H]2CCCN2C(=O)Nc2cc(F)cc(Cl)c2)cs1. The van der Waals surface area contributed by atoms with Crippen molar-refractivity contribution in [1.29, 1.82) is 0 Å². The molecule has 1 aliphatic heterocycles. The molecule has 7 heteroatoms. The Labute approximate surface area is 136 Å². The van der Waals surface area contributed by atoms with E-state index < -0.39 is 5.82 Å². The van der Waals surface area contributed by atoms with E-state index in [0.29, 0.717) is 12.2 Å². The maximum atomic E-state index is 13.3. The van der Waals surface area contributed by atoms with E-state index in [1.807, 2.05) is 12.3 Å². The molecule has 1 aromatic carbocycles. The first-order valence-electron chi connectivity index (χ1n) is 6.98. The zero-order valence-corrected chi connectivity index (χ0v) is 13.5. The Kier molecular flexibility index (Phi) is 4.31. The minimum Gasteiger partial charge on any atom is -0.316 e. The van der Waals surface area contributed by atoms with Crippen LogP contribution in [0.5, 0.6) is 0 Å². The lowest BCUT2D eigenvalue weighted by Gasteiger charge is -2.23. The lowest BCUT2D eigenvalue weighted by molar-refractivity contribution is 0.206. The number of carbonyl (C=O) groups is 1. The van der Waals surface area contributed by atoms with Crippen LogP contribution in [-0.2, 0) is 0 Å². The first-order chi connectivity index (χ1) is 10.5. The summed E-state index contributed by atoms with van der Waals surface area (Å²) in [6.07, 6.45) is 1.82. The van der Waals surface area contributed by atoms with Crippen LogP contribution in [0.15, 0.2) is 23.6 Å². The number of likely N-dealkylation sites (tertiary alicyclic amines) is 1. The normalized spacial score (nSPS) is 17.8. The second kappa shape index (κ2) is 6.22. The number of nitrogens with one attached hydrogen (secondary N) is 1. The number of aryl methyl sites for hydroxylation is 1. The van der Waals surface area contributed by atoms with Gasteiger partial charge in [-0.1, -0.05) is 11.6 Å². The Morgan fingerprint density at radius 2 is 2.32 bits per heavy atom. The van der Waals surface area contributed by atoms with Crippen LogP contribution in [0.2, 0.25) is 5.02 Å². The quantitative estimate of drug-likeness (QED) is 0.868. The summed E-state index contributed by atoms with van der Waals surface area (Å²) in [6, 6.07) is 3.71. The van der Waals surface area contributed by atoms with Gasteiger partial charge in [-0.2, -0.15) is 0 Å². The van der Waals surface area contributed by atoms with Crippen LogP contribution >= 0.6 is 22.9 Å². The number of aromatic nitrogens is 1. The minimum atomic E-state index is -0.476. The molecule has 3 rings (SSSR count). The zero-order valence-electron chi connectivity index (χ0n) is 12.0. The topological polar surface area (TPSA) is 45.2 Å². The second-order valence-electron chi connectivity index (χ2n) is 5.23. The highest BCUT2D eigenvalue weighted by Crippen LogP contribution is 2.33. The van der Waals surface area contributed by atoms with Crippen molar-refractivity contribution in [2.75, 3.05) is 11.9 Å². The van der Waals surface area contributed by atoms with Crippen LogP contribution in [0.25, 0.3) is 0 Å². The molecule has 0 radical (unpaired) electrons. The van der Waals surface area contributed by atoms with Gasteiger partial charge in [0.15, 0.2) is 0 Å². The minimum absolute atomic E-state index is 0.0195. The smallest absolute Gasteiger partial charge is 0.316 e. The molecule has 0 unspecified atom stereocenters. The highest BCUT2D eigenvalue weighted by atomic mass is 35.5. The number of halogens is 2. The van der Waals surface area contributed by atoms with Gasteiger partial charge in [0.25, 0.3) is 0 Å². The van der Waals surface area contributed by atoms with E-state index in [4.69, 9.17) is 11.6 Å². The number of carbonyl (C=O) groups excluding carboxylic acids is 1. The average Bonchev–Trinajstić information content (AvgIpc) is 3.05. The van der Waals surface area contributed by atoms with Crippen molar-refractivity contribution < 1.29 is 9.18 Å². The molecular weight excluding hydrogens is 325 g/mol. The predicted octanol–water partition coefficient (Wildman–Crippen LogP) is 4.61. The molecule has 0 saturated carbocycles. The Balaban J connectivity index is 1.76. The summed E-state index contributed by atoms with van der Waals surface area (Å²) in [5, 5.41) is 5.94. The van der Waals surface area contributed by atoms with Crippen molar-refractivity contribution >= 4 is 34.7 Å². The predicted molar refractivity (Wildman–Crippen MR) is 86.0 cm³/mol. The fourth-order valence-electron chi connectivity index (χ4n) is 2.67. The molecule has 0 bridgehead atoms. The van der Waals surface area contributed by atoms with Crippen molar-refractivity contribution in [3.05, 3.63) is 45.1 Å². The molecule has 0 aliphatic carbocycles. The molecule has 2 aromatic rings. The molecule has 1 saturated heterocycles. The number of hydrogen-bond acceptors (Lipinski definition) is 3. The lowest BCUT2D eigenvalue weighted by atomic mass is 10.2. The summed E-state index contributed by atoms with van der Waals surface area (Å²) in [7, 11) is 0. The van der Waals surface area contributed by atoms with E-state index in [1.165, 1.54) is 18.2 Å². The van der Waals surface area contributed by atoms with Crippen molar-refractivity contribution in [3.8, 4) is 0 Å². The molecule has 1 fully saturated rings. The largest absolute Gasteiger partial charge is 0.322 e. The third-order valence-electron chi connectivity index (χ3n) is 3.61. The van der Waals surface area contributed by atoms with E-state index >= 15 is 0 Å². The molecule has 22 heavy (non-hydrogen) atoms. The van der Waals surface area contributed by atoms with Crippen LogP contribution in [0.4, 0.5) is 14.9 Å². The summed E-state index contributed by atoms with van der Waals surface area (Å²) in [5.74, 6) is -0.476. The van der Waals surface area contributed by atoms with Gasteiger partial charge in [-0.15, -0.1) is 11.3 Å². The fraction of sp³-hybridized carbons (Fsp3) is 0.333. The number of nitrogens with zero attached hydrogens (tertiary/aromatic N) is 2. The molecular formula is C15H15ClFN3OS. The van der Waals surface area contributed by atoms with Gasteiger partial charge in [0, 0.05) is 22.6 Å². The number of thiazole rings is 1. The van der Waals surface area contributed by atoms with E-state index in [-0.39, 0.29) is 17.1 Å². The van der Waals surface area contributed by atoms with Crippen LogP contribution in [0.3, 0.4) is 0 Å². The molecule has 0 spiro atoms. The Morgan fingerprint density at radius 1 is 1.50 bits per heavy atom. The lowest BCUT2D eigenvalue weighted by Crippen LogP contribution is -2.34. The highest BCUT2D eigenvalue weighted by Gasteiger charge is 2.31.